The quantitative estimate of drug-likeness (QED) is 0.696. The Kier molecular flexibility index (Phi) is 4.26. The molecule has 0 aliphatic heterocycles. The lowest BCUT2D eigenvalue weighted by Gasteiger charge is -2.08. The molecular formula is C10H15NO2. The summed E-state index contributed by atoms with van der Waals surface area (Å²) in [5, 5.41) is 0. The molecule has 72 valence electrons. The van der Waals surface area contributed by atoms with Gasteiger partial charge in [-0.25, -0.2) is 0 Å². The lowest BCUT2D eigenvalue weighted by molar-refractivity contribution is 0.128. The van der Waals surface area contributed by atoms with Gasteiger partial charge in [0.15, 0.2) is 0 Å². The molecule has 3 heteroatoms. The molecule has 0 bridgehead atoms. The zero-order valence-electron chi connectivity index (χ0n) is 8.12. The van der Waals surface area contributed by atoms with Crippen LogP contribution in [0.15, 0.2) is 18.3 Å². The predicted molar refractivity (Wildman–Crippen MR) is 50.7 cm³/mol. The smallest absolute Gasteiger partial charge is 0.143 e. The molecule has 0 N–H and O–H groups in total. The van der Waals surface area contributed by atoms with Crippen molar-refractivity contribution in [3.63, 3.8) is 0 Å². The van der Waals surface area contributed by atoms with Gasteiger partial charge >= 0.3 is 0 Å². The highest BCUT2D eigenvalue weighted by molar-refractivity contribution is 5.26. The topological polar surface area (TPSA) is 31.4 Å². The molecule has 0 aliphatic carbocycles. The van der Waals surface area contributed by atoms with E-state index < -0.39 is 0 Å². The average Bonchev–Trinajstić information content (AvgIpc) is 2.17. The van der Waals surface area contributed by atoms with E-state index in [1.807, 2.05) is 26.0 Å². The van der Waals surface area contributed by atoms with Crippen molar-refractivity contribution in [1.82, 2.24) is 4.98 Å². The number of rotatable bonds is 5. The molecule has 1 aromatic heterocycles. The van der Waals surface area contributed by atoms with Crippen molar-refractivity contribution >= 4 is 0 Å². The van der Waals surface area contributed by atoms with Crippen molar-refractivity contribution in [2.75, 3.05) is 13.2 Å². The number of aromatic nitrogens is 1. The molecule has 0 radical (unpaired) electrons. The fourth-order valence-electron chi connectivity index (χ4n) is 1.02. The summed E-state index contributed by atoms with van der Waals surface area (Å²) in [7, 11) is 0. The molecule has 0 atom stereocenters. The number of hydrogen-bond donors (Lipinski definition) is 0. The van der Waals surface area contributed by atoms with E-state index in [1.165, 1.54) is 0 Å². The summed E-state index contributed by atoms with van der Waals surface area (Å²) in [5.74, 6) is 0.818. The van der Waals surface area contributed by atoms with Crippen LogP contribution in [-0.4, -0.2) is 18.2 Å². The van der Waals surface area contributed by atoms with Gasteiger partial charge in [-0.05, 0) is 26.0 Å². The van der Waals surface area contributed by atoms with Crippen LogP contribution in [0.3, 0.4) is 0 Å². The second-order valence-corrected chi connectivity index (χ2v) is 2.52. The van der Waals surface area contributed by atoms with Crippen LogP contribution in [-0.2, 0) is 11.3 Å². The Morgan fingerprint density at radius 2 is 2.15 bits per heavy atom. The van der Waals surface area contributed by atoms with Gasteiger partial charge in [-0.2, -0.15) is 0 Å². The van der Waals surface area contributed by atoms with Gasteiger partial charge in [-0.1, -0.05) is 0 Å². The third-order valence-corrected chi connectivity index (χ3v) is 1.59. The summed E-state index contributed by atoms with van der Waals surface area (Å²) in [6.07, 6.45) is 1.75. The average molecular weight is 181 g/mol. The van der Waals surface area contributed by atoms with E-state index >= 15 is 0 Å². The van der Waals surface area contributed by atoms with Gasteiger partial charge in [0.05, 0.1) is 13.2 Å². The number of ether oxygens (including phenoxy) is 2. The van der Waals surface area contributed by atoms with Crippen LogP contribution in [0.2, 0.25) is 0 Å². The highest BCUT2D eigenvalue weighted by Gasteiger charge is 2.02. The van der Waals surface area contributed by atoms with Crippen molar-refractivity contribution in [3.05, 3.63) is 24.0 Å². The first-order chi connectivity index (χ1) is 6.38. The molecule has 0 aromatic carbocycles. The molecule has 0 fully saturated rings. The molecule has 0 amide bonds. The molecule has 1 rings (SSSR count). The first kappa shape index (κ1) is 9.99. The van der Waals surface area contributed by atoms with Gasteiger partial charge in [0.2, 0.25) is 0 Å². The van der Waals surface area contributed by atoms with Gasteiger partial charge in [-0.3, -0.25) is 4.98 Å². The van der Waals surface area contributed by atoms with Crippen LogP contribution in [0.1, 0.15) is 19.5 Å². The summed E-state index contributed by atoms with van der Waals surface area (Å²) in [6, 6.07) is 3.77. The summed E-state index contributed by atoms with van der Waals surface area (Å²) in [6.45, 7) is 5.79. The van der Waals surface area contributed by atoms with Crippen molar-refractivity contribution in [3.8, 4) is 5.75 Å². The van der Waals surface area contributed by atoms with Crippen LogP contribution in [0, 0.1) is 0 Å². The van der Waals surface area contributed by atoms with E-state index in [0.717, 1.165) is 11.4 Å². The van der Waals surface area contributed by atoms with E-state index in [9.17, 15) is 0 Å². The van der Waals surface area contributed by atoms with E-state index in [4.69, 9.17) is 9.47 Å². The number of hydrogen-bond acceptors (Lipinski definition) is 3. The largest absolute Gasteiger partial charge is 0.492 e. The molecule has 13 heavy (non-hydrogen) atoms. The Morgan fingerprint density at radius 1 is 1.31 bits per heavy atom. The van der Waals surface area contributed by atoms with Gasteiger partial charge in [0.1, 0.15) is 11.4 Å². The van der Waals surface area contributed by atoms with Gasteiger partial charge in [0, 0.05) is 12.8 Å². The Balaban J connectivity index is 2.66. The molecule has 0 aliphatic rings. The van der Waals surface area contributed by atoms with E-state index in [-0.39, 0.29) is 0 Å². The first-order valence-electron chi connectivity index (χ1n) is 4.53. The standard InChI is InChI=1S/C10H15NO2/c1-3-12-8-9-10(13-4-2)6-5-7-11-9/h5-7H,3-4,8H2,1-2H3. The Bertz CT molecular complexity index is 250. The highest BCUT2D eigenvalue weighted by atomic mass is 16.5. The molecular weight excluding hydrogens is 166 g/mol. The third-order valence-electron chi connectivity index (χ3n) is 1.59. The third kappa shape index (κ3) is 3.03. The SMILES string of the molecule is CCOCc1ncccc1OCC. The minimum atomic E-state index is 0.521. The van der Waals surface area contributed by atoms with Crippen molar-refractivity contribution in [2.45, 2.75) is 20.5 Å². The highest BCUT2D eigenvalue weighted by Crippen LogP contribution is 2.15. The van der Waals surface area contributed by atoms with Crippen LogP contribution in [0.5, 0.6) is 5.75 Å². The maximum atomic E-state index is 5.39. The molecule has 1 aromatic rings. The summed E-state index contributed by atoms with van der Waals surface area (Å²) in [5.41, 5.74) is 0.867. The molecule has 0 saturated heterocycles. The molecule has 1 heterocycles. The predicted octanol–water partition coefficient (Wildman–Crippen LogP) is 2.02. The Labute approximate surface area is 78.7 Å². The van der Waals surface area contributed by atoms with Crippen molar-refractivity contribution in [2.24, 2.45) is 0 Å². The summed E-state index contributed by atoms with van der Waals surface area (Å²) >= 11 is 0. The van der Waals surface area contributed by atoms with Gasteiger partial charge < -0.3 is 9.47 Å². The van der Waals surface area contributed by atoms with E-state index in [0.29, 0.717) is 19.8 Å². The normalized spacial score (nSPS) is 10.0. The number of nitrogens with zero attached hydrogens (tertiary/aromatic N) is 1. The maximum Gasteiger partial charge on any atom is 0.143 e. The zero-order valence-corrected chi connectivity index (χ0v) is 8.12. The summed E-state index contributed by atoms with van der Waals surface area (Å²) in [4.78, 5) is 4.18. The van der Waals surface area contributed by atoms with Crippen LogP contribution in [0.25, 0.3) is 0 Å². The Hall–Kier alpha value is -1.09. The first-order valence-corrected chi connectivity index (χ1v) is 4.53. The lowest BCUT2D eigenvalue weighted by atomic mass is 10.3. The summed E-state index contributed by atoms with van der Waals surface area (Å²) < 4.78 is 10.7. The van der Waals surface area contributed by atoms with Crippen LogP contribution in [0.4, 0.5) is 0 Å². The minimum Gasteiger partial charge on any atom is -0.492 e. The molecule has 0 spiro atoms. The van der Waals surface area contributed by atoms with Crippen LogP contribution < -0.4 is 4.74 Å². The second kappa shape index (κ2) is 5.54. The van der Waals surface area contributed by atoms with E-state index in [1.54, 1.807) is 6.20 Å². The molecule has 3 nitrogen and oxygen atoms in total. The van der Waals surface area contributed by atoms with Gasteiger partial charge in [-0.15, -0.1) is 0 Å². The van der Waals surface area contributed by atoms with Crippen LogP contribution >= 0.6 is 0 Å². The van der Waals surface area contributed by atoms with Gasteiger partial charge in [0.25, 0.3) is 0 Å². The fourth-order valence-corrected chi connectivity index (χ4v) is 1.02. The Morgan fingerprint density at radius 3 is 2.85 bits per heavy atom. The van der Waals surface area contributed by atoms with E-state index in [2.05, 4.69) is 4.98 Å². The zero-order chi connectivity index (χ0) is 9.52. The minimum absolute atomic E-state index is 0.521. The molecule has 0 unspecified atom stereocenters. The molecule has 0 saturated carbocycles. The number of pyridine rings is 1. The van der Waals surface area contributed by atoms with Crippen molar-refractivity contribution in [1.29, 1.82) is 0 Å². The lowest BCUT2D eigenvalue weighted by Crippen LogP contribution is -2.01. The second-order valence-electron chi connectivity index (χ2n) is 2.52. The van der Waals surface area contributed by atoms with Crippen molar-refractivity contribution < 1.29 is 9.47 Å². The fraction of sp³-hybridized carbons (Fsp3) is 0.500. The monoisotopic (exact) mass is 181 g/mol. The maximum absolute atomic E-state index is 5.39.